The molecular weight excluding hydrogens is 358 g/mol. The Morgan fingerprint density at radius 2 is 2.00 bits per heavy atom. The van der Waals surface area contributed by atoms with Crippen molar-refractivity contribution in [3.8, 4) is 0 Å². The lowest BCUT2D eigenvalue weighted by molar-refractivity contribution is -0.150. The number of nitrogens with zero attached hydrogens (tertiary/aromatic N) is 2. The summed E-state index contributed by atoms with van der Waals surface area (Å²) in [6, 6.07) is 6.41. The standard InChI is InChI=1S/C18H22ClN3O4/c1-4-5-16-21-18(26-22-16)11(2)25-17(24)10-15(20-12(3)23)13-6-8-14(19)9-7-13/h6-9,11,15H,4-5,10H2,1-3H3,(H,20,23). The van der Waals surface area contributed by atoms with Crippen molar-refractivity contribution >= 4 is 23.5 Å². The van der Waals surface area contributed by atoms with Crippen LogP contribution in [0.3, 0.4) is 0 Å². The molecule has 0 saturated heterocycles. The van der Waals surface area contributed by atoms with Crippen LogP contribution in [0.4, 0.5) is 0 Å². The van der Waals surface area contributed by atoms with E-state index in [1.807, 2.05) is 6.92 Å². The number of aromatic nitrogens is 2. The molecule has 2 rings (SSSR count). The number of carbonyl (C=O) groups excluding carboxylic acids is 2. The molecule has 2 atom stereocenters. The van der Waals surface area contributed by atoms with Crippen molar-refractivity contribution < 1.29 is 18.8 Å². The van der Waals surface area contributed by atoms with Crippen molar-refractivity contribution in [3.05, 3.63) is 46.6 Å². The number of hydrogen-bond acceptors (Lipinski definition) is 6. The van der Waals surface area contributed by atoms with E-state index in [-0.39, 0.29) is 18.2 Å². The summed E-state index contributed by atoms with van der Waals surface area (Å²) < 4.78 is 10.5. The summed E-state index contributed by atoms with van der Waals surface area (Å²) in [5, 5.41) is 7.16. The van der Waals surface area contributed by atoms with Crippen LogP contribution < -0.4 is 5.32 Å². The second-order valence-corrected chi connectivity index (χ2v) is 6.38. The molecule has 2 aromatic rings. The maximum atomic E-state index is 12.3. The van der Waals surface area contributed by atoms with Crippen molar-refractivity contribution in [2.75, 3.05) is 0 Å². The highest BCUT2D eigenvalue weighted by molar-refractivity contribution is 6.30. The number of hydrogen-bond donors (Lipinski definition) is 1. The predicted molar refractivity (Wildman–Crippen MR) is 95.4 cm³/mol. The zero-order valence-electron chi connectivity index (χ0n) is 15.0. The van der Waals surface area contributed by atoms with Crippen LogP contribution in [0.1, 0.15) is 63.0 Å². The topological polar surface area (TPSA) is 94.3 Å². The summed E-state index contributed by atoms with van der Waals surface area (Å²) in [5.74, 6) is 0.111. The van der Waals surface area contributed by atoms with Gasteiger partial charge in [-0.15, -0.1) is 0 Å². The first kappa shape index (κ1) is 19.9. The van der Waals surface area contributed by atoms with Gasteiger partial charge in [0.25, 0.3) is 5.89 Å². The zero-order valence-corrected chi connectivity index (χ0v) is 15.7. The lowest BCUT2D eigenvalue weighted by Gasteiger charge is -2.18. The molecule has 140 valence electrons. The summed E-state index contributed by atoms with van der Waals surface area (Å²) >= 11 is 5.89. The predicted octanol–water partition coefficient (Wildman–Crippen LogP) is 3.55. The van der Waals surface area contributed by atoms with Gasteiger partial charge >= 0.3 is 5.97 Å². The minimum absolute atomic E-state index is 0.0263. The van der Waals surface area contributed by atoms with Gasteiger partial charge in [0.05, 0.1) is 12.5 Å². The van der Waals surface area contributed by atoms with Crippen LogP contribution in [-0.2, 0) is 20.7 Å². The minimum Gasteiger partial charge on any atom is -0.452 e. The molecular formula is C18H22ClN3O4. The first-order valence-electron chi connectivity index (χ1n) is 8.43. The number of ether oxygens (including phenoxy) is 1. The Morgan fingerprint density at radius 3 is 2.62 bits per heavy atom. The maximum Gasteiger partial charge on any atom is 0.309 e. The van der Waals surface area contributed by atoms with Gasteiger partial charge in [-0.25, -0.2) is 0 Å². The van der Waals surface area contributed by atoms with E-state index in [0.717, 1.165) is 12.0 Å². The van der Waals surface area contributed by atoms with E-state index in [2.05, 4.69) is 15.5 Å². The Hall–Kier alpha value is -2.41. The number of halogens is 1. The first-order valence-corrected chi connectivity index (χ1v) is 8.81. The van der Waals surface area contributed by atoms with Crippen LogP contribution in [0, 0.1) is 0 Å². The number of nitrogens with one attached hydrogen (secondary N) is 1. The fourth-order valence-corrected chi connectivity index (χ4v) is 2.54. The molecule has 0 saturated carbocycles. The third-order valence-corrected chi connectivity index (χ3v) is 3.89. The average Bonchev–Trinajstić information content (AvgIpc) is 3.03. The van der Waals surface area contributed by atoms with E-state index < -0.39 is 18.1 Å². The highest BCUT2D eigenvalue weighted by Gasteiger charge is 2.22. The molecule has 0 aliphatic rings. The second kappa shape index (κ2) is 9.33. The number of rotatable bonds is 8. The molecule has 2 unspecified atom stereocenters. The van der Waals surface area contributed by atoms with Crippen LogP contribution in [0.25, 0.3) is 0 Å². The molecule has 1 aromatic carbocycles. The minimum atomic E-state index is -0.663. The number of esters is 1. The molecule has 0 bridgehead atoms. The van der Waals surface area contributed by atoms with E-state index in [0.29, 0.717) is 17.3 Å². The third-order valence-electron chi connectivity index (χ3n) is 3.63. The largest absolute Gasteiger partial charge is 0.452 e. The van der Waals surface area contributed by atoms with Crippen molar-refractivity contribution in [1.82, 2.24) is 15.5 Å². The lowest BCUT2D eigenvalue weighted by Crippen LogP contribution is -2.28. The van der Waals surface area contributed by atoms with Crippen LogP contribution in [-0.4, -0.2) is 22.0 Å². The highest BCUT2D eigenvalue weighted by Crippen LogP contribution is 2.22. The first-order chi connectivity index (χ1) is 12.4. The molecule has 1 heterocycles. The van der Waals surface area contributed by atoms with Gasteiger partial charge in [-0.05, 0) is 31.0 Å². The van der Waals surface area contributed by atoms with Gasteiger partial charge in [0.1, 0.15) is 0 Å². The lowest BCUT2D eigenvalue weighted by atomic mass is 10.0. The Kier molecular flexibility index (Phi) is 7.15. The Labute approximate surface area is 157 Å². The molecule has 0 spiro atoms. The van der Waals surface area contributed by atoms with E-state index in [1.165, 1.54) is 6.92 Å². The quantitative estimate of drug-likeness (QED) is 0.705. The summed E-state index contributed by atoms with van der Waals surface area (Å²) in [6.07, 6.45) is 0.906. The third kappa shape index (κ3) is 5.84. The SMILES string of the molecule is CCCc1noc(C(C)OC(=O)CC(NC(C)=O)c2ccc(Cl)cc2)n1. The van der Waals surface area contributed by atoms with Gasteiger partial charge in [-0.2, -0.15) is 4.98 Å². The van der Waals surface area contributed by atoms with Gasteiger partial charge < -0.3 is 14.6 Å². The molecule has 7 nitrogen and oxygen atoms in total. The van der Waals surface area contributed by atoms with E-state index in [4.69, 9.17) is 20.9 Å². The number of benzene rings is 1. The Bertz CT molecular complexity index is 745. The van der Waals surface area contributed by atoms with Gasteiger partial charge in [0, 0.05) is 18.4 Å². The van der Waals surface area contributed by atoms with Gasteiger partial charge in [0.15, 0.2) is 11.9 Å². The summed E-state index contributed by atoms with van der Waals surface area (Å²) in [4.78, 5) is 28.0. The van der Waals surface area contributed by atoms with Crippen molar-refractivity contribution in [2.24, 2.45) is 0 Å². The zero-order chi connectivity index (χ0) is 19.1. The van der Waals surface area contributed by atoms with E-state index in [1.54, 1.807) is 31.2 Å². The normalized spacial score (nSPS) is 13.1. The second-order valence-electron chi connectivity index (χ2n) is 5.94. The fourth-order valence-electron chi connectivity index (χ4n) is 2.41. The Morgan fingerprint density at radius 1 is 1.31 bits per heavy atom. The molecule has 0 fully saturated rings. The van der Waals surface area contributed by atoms with Crippen molar-refractivity contribution in [2.45, 2.75) is 52.2 Å². The van der Waals surface area contributed by atoms with Gasteiger partial charge in [0.2, 0.25) is 5.91 Å². The maximum absolute atomic E-state index is 12.3. The monoisotopic (exact) mass is 379 g/mol. The smallest absolute Gasteiger partial charge is 0.309 e. The molecule has 1 aromatic heterocycles. The van der Waals surface area contributed by atoms with Gasteiger partial charge in [-0.1, -0.05) is 35.8 Å². The number of carbonyl (C=O) groups is 2. The van der Waals surface area contributed by atoms with E-state index >= 15 is 0 Å². The average molecular weight is 380 g/mol. The van der Waals surface area contributed by atoms with Gasteiger partial charge in [-0.3, -0.25) is 9.59 Å². The summed E-state index contributed by atoms with van der Waals surface area (Å²) in [5.41, 5.74) is 0.761. The molecule has 26 heavy (non-hydrogen) atoms. The van der Waals surface area contributed by atoms with Crippen LogP contribution in [0.15, 0.2) is 28.8 Å². The highest BCUT2D eigenvalue weighted by atomic mass is 35.5. The van der Waals surface area contributed by atoms with Crippen molar-refractivity contribution in [3.63, 3.8) is 0 Å². The molecule has 0 aliphatic heterocycles. The molecule has 8 heteroatoms. The number of aryl methyl sites for hydroxylation is 1. The summed E-state index contributed by atoms with van der Waals surface area (Å²) in [6.45, 7) is 5.07. The summed E-state index contributed by atoms with van der Waals surface area (Å²) in [7, 11) is 0. The van der Waals surface area contributed by atoms with Crippen molar-refractivity contribution in [1.29, 1.82) is 0 Å². The molecule has 0 aliphatic carbocycles. The molecule has 1 N–H and O–H groups in total. The van der Waals surface area contributed by atoms with E-state index in [9.17, 15) is 9.59 Å². The molecule has 1 amide bonds. The van der Waals surface area contributed by atoms with Crippen LogP contribution in [0.2, 0.25) is 5.02 Å². The Balaban J connectivity index is 2.01. The number of amides is 1. The van der Waals surface area contributed by atoms with Crippen LogP contribution >= 0.6 is 11.6 Å². The molecule has 0 radical (unpaired) electrons. The fraction of sp³-hybridized carbons (Fsp3) is 0.444. The van der Waals surface area contributed by atoms with Crippen LogP contribution in [0.5, 0.6) is 0 Å².